The molecule has 0 bridgehead atoms. The van der Waals surface area contributed by atoms with Crippen LogP contribution in [-0.2, 0) is 16.0 Å². The van der Waals surface area contributed by atoms with E-state index in [1.165, 1.54) is 32.1 Å². The molecule has 3 unspecified atom stereocenters. The van der Waals surface area contributed by atoms with Gasteiger partial charge in [-0.05, 0) is 37.8 Å². The Kier molecular flexibility index (Phi) is 14.9. The number of carbonyl (C=O) groups is 1. The molecule has 0 saturated heterocycles. The topological polar surface area (TPSA) is 99.0 Å². The van der Waals surface area contributed by atoms with Crippen LogP contribution in [0.3, 0.4) is 0 Å². The van der Waals surface area contributed by atoms with Crippen molar-refractivity contribution in [2.45, 2.75) is 76.0 Å². The minimum atomic E-state index is -1.32. The molecule has 0 spiro atoms. The van der Waals surface area contributed by atoms with E-state index in [0.717, 1.165) is 24.8 Å². The van der Waals surface area contributed by atoms with Gasteiger partial charge in [0.1, 0.15) is 24.9 Å². The van der Waals surface area contributed by atoms with Gasteiger partial charge in [0, 0.05) is 0 Å². The van der Waals surface area contributed by atoms with Crippen LogP contribution in [-0.4, -0.2) is 59.3 Å². The summed E-state index contributed by atoms with van der Waals surface area (Å²) in [5.74, 6) is -0.467. The van der Waals surface area contributed by atoms with Gasteiger partial charge < -0.3 is 25.4 Å². The molecule has 3 atom stereocenters. The van der Waals surface area contributed by atoms with E-state index < -0.39 is 30.8 Å². The molecule has 30 heavy (non-hydrogen) atoms. The molecule has 0 aliphatic carbocycles. The molecular formula is C24H39NO5. The quantitative estimate of drug-likeness (QED) is 0.165. The fourth-order valence-corrected chi connectivity index (χ4v) is 3.16. The van der Waals surface area contributed by atoms with Crippen molar-refractivity contribution in [2.75, 3.05) is 19.8 Å². The van der Waals surface area contributed by atoms with Gasteiger partial charge in [-0.15, -0.1) is 6.58 Å². The maximum atomic E-state index is 12.5. The van der Waals surface area contributed by atoms with Gasteiger partial charge in [0.25, 0.3) is 0 Å². The van der Waals surface area contributed by atoms with Crippen LogP contribution in [0.15, 0.2) is 43.0 Å². The molecule has 0 amide bonds. The van der Waals surface area contributed by atoms with Gasteiger partial charge in [0.05, 0.1) is 6.61 Å². The number of hydrogen-bond donors (Lipinski definition) is 4. The lowest BCUT2D eigenvalue weighted by atomic mass is 10.1. The van der Waals surface area contributed by atoms with E-state index in [1.54, 1.807) is 0 Å². The predicted octanol–water partition coefficient (Wildman–Crippen LogP) is 2.75. The molecule has 0 aromatic heterocycles. The lowest BCUT2D eigenvalue weighted by Gasteiger charge is -2.20. The Labute approximate surface area is 181 Å². The van der Waals surface area contributed by atoms with E-state index in [9.17, 15) is 15.0 Å². The lowest BCUT2D eigenvalue weighted by molar-refractivity contribution is -0.152. The minimum absolute atomic E-state index is 0.348. The Morgan fingerprint density at radius 2 is 1.63 bits per heavy atom. The number of esters is 1. The van der Waals surface area contributed by atoms with E-state index in [1.807, 2.05) is 36.4 Å². The van der Waals surface area contributed by atoms with Crippen LogP contribution in [0.1, 0.15) is 56.9 Å². The minimum Gasteiger partial charge on any atom is -0.462 e. The second-order valence-corrected chi connectivity index (χ2v) is 7.70. The summed E-state index contributed by atoms with van der Waals surface area (Å²) in [7, 11) is 0. The Hall–Kier alpha value is -1.73. The highest BCUT2D eigenvalue weighted by Gasteiger charge is 2.23. The van der Waals surface area contributed by atoms with Crippen LogP contribution in [0.5, 0.6) is 0 Å². The number of nitrogens with one attached hydrogen (secondary N) is 1. The standard InChI is InChI=1S/C24H39NO5/c1-2-3-4-5-6-7-8-9-13-16-25-21(17-20-14-11-10-12-15-20)24(29)30-19-23(28)22(27)18-26/h2,10-12,14-15,21-23,25-28H,1,3-9,13,16-19H2. The second kappa shape index (κ2) is 17.0. The molecule has 1 aromatic carbocycles. The summed E-state index contributed by atoms with van der Waals surface area (Å²) in [6.07, 6.45) is 9.18. The Balaban J connectivity index is 2.37. The number of allylic oxidation sites excluding steroid dienone is 1. The van der Waals surface area contributed by atoms with Gasteiger partial charge in [-0.2, -0.15) is 0 Å². The first kappa shape index (κ1) is 26.3. The molecule has 6 nitrogen and oxygen atoms in total. The van der Waals surface area contributed by atoms with Gasteiger partial charge in [-0.3, -0.25) is 4.79 Å². The summed E-state index contributed by atoms with van der Waals surface area (Å²) < 4.78 is 5.17. The largest absolute Gasteiger partial charge is 0.462 e. The highest BCUT2D eigenvalue weighted by molar-refractivity contribution is 5.76. The second-order valence-electron chi connectivity index (χ2n) is 7.70. The summed E-state index contributed by atoms with van der Waals surface area (Å²) in [5.41, 5.74) is 1.02. The Bertz CT molecular complexity index is 566. The van der Waals surface area contributed by atoms with Crippen molar-refractivity contribution in [2.24, 2.45) is 0 Å². The number of hydrogen-bond acceptors (Lipinski definition) is 6. The molecule has 0 fully saturated rings. The number of unbranched alkanes of at least 4 members (excludes halogenated alkanes) is 7. The predicted molar refractivity (Wildman–Crippen MR) is 119 cm³/mol. The van der Waals surface area contributed by atoms with Gasteiger partial charge in [-0.25, -0.2) is 0 Å². The van der Waals surface area contributed by atoms with Gasteiger partial charge in [0.2, 0.25) is 0 Å². The van der Waals surface area contributed by atoms with Crippen molar-refractivity contribution in [3.63, 3.8) is 0 Å². The molecule has 0 saturated carbocycles. The van der Waals surface area contributed by atoms with Crippen LogP contribution in [0.4, 0.5) is 0 Å². The zero-order valence-corrected chi connectivity index (χ0v) is 18.0. The average Bonchev–Trinajstić information content (AvgIpc) is 2.77. The van der Waals surface area contributed by atoms with Crippen LogP contribution in [0.2, 0.25) is 0 Å². The van der Waals surface area contributed by atoms with Crippen molar-refractivity contribution < 1.29 is 24.9 Å². The number of ether oxygens (including phenoxy) is 1. The number of carbonyl (C=O) groups excluding carboxylic acids is 1. The van der Waals surface area contributed by atoms with E-state index >= 15 is 0 Å². The third-order valence-corrected chi connectivity index (χ3v) is 5.07. The number of benzene rings is 1. The van der Waals surface area contributed by atoms with Gasteiger partial charge in [-0.1, -0.05) is 68.5 Å². The van der Waals surface area contributed by atoms with E-state index in [4.69, 9.17) is 9.84 Å². The highest BCUT2D eigenvalue weighted by Crippen LogP contribution is 2.09. The third kappa shape index (κ3) is 12.1. The number of rotatable bonds is 18. The van der Waals surface area contributed by atoms with Crippen LogP contribution >= 0.6 is 0 Å². The molecular weight excluding hydrogens is 382 g/mol. The molecule has 6 heteroatoms. The molecule has 0 aliphatic rings. The molecule has 0 heterocycles. The molecule has 4 N–H and O–H groups in total. The van der Waals surface area contributed by atoms with Crippen LogP contribution in [0, 0.1) is 0 Å². The van der Waals surface area contributed by atoms with E-state index in [-0.39, 0.29) is 6.61 Å². The van der Waals surface area contributed by atoms with Crippen molar-refractivity contribution in [3.05, 3.63) is 48.6 Å². The molecule has 170 valence electrons. The molecule has 0 aliphatic heterocycles. The van der Waals surface area contributed by atoms with E-state index in [0.29, 0.717) is 13.0 Å². The number of aliphatic hydroxyl groups excluding tert-OH is 3. The fourth-order valence-electron chi connectivity index (χ4n) is 3.16. The zero-order valence-electron chi connectivity index (χ0n) is 18.0. The normalized spacial score (nSPS) is 14.1. The lowest BCUT2D eigenvalue weighted by Crippen LogP contribution is -2.42. The smallest absolute Gasteiger partial charge is 0.323 e. The van der Waals surface area contributed by atoms with Crippen molar-refractivity contribution in [3.8, 4) is 0 Å². The first-order chi connectivity index (χ1) is 14.6. The summed E-state index contributed by atoms with van der Waals surface area (Å²) in [6.45, 7) is 3.52. The maximum absolute atomic E-state index is 12.5. The van der Waals surface area contributed by atoms with Crippen LogP contribution in [0.25, 0.3) is 0 Å². The van der Waals surface area contributed by atoms with Gasteiger partial charge >= 0.3 is 5.97 Å². The maximum Gasteiger partial charge on any atom is 0.323 e. The van der Waals surface area contributed by atoms with Crippen LogP contribution < -0.4 is 5.32 Å². The van der Waals surface area contributed by atoms with Crippen molar-refractivity contribution in [1.29, 1.82) is 0 Å². The molecule has 1 rings (SSSR count). The first-order valence-corrected chi connectivity index (χ1v) is 11.1. The monoisotopic (exact) mass is 421 g/mol. The van der Waals surface area contributed by atoms with Crippen molar-refractivity contribution in [1.82, 2.24) is 5.32 Å². The average molecular weight is 422 g/mol. The summed E-state index contributed by atoms with van der Waals surface area (Å²) >= 11 is 0. The molecule has 1 aromatic rings. The third-order valence-electron chi connectivity index (χ3n) is 5.07. The Morgan fingerprint density at radius 3 is 2.27 bits per heavy atom. The highest BCUT2D eigenvalue weighted by atomic mass is 16.5. The fraction of sp³-hybridized carbons (Fsp3) is 0.625. The SMILES string of the molecule is C=CCCCCCCCCCNC(Cc1ccccc1)C(=O)OCC(O)C(O)CO. The first-order valence-electron chi connectivity index (χ1n) is 11.1. The number of aliphatic hydroxyl groups is 3. The summed E-state index contributed by atoms with van der Waals surface area (Å²) in [4.78, 5) is 12.5. The summed E-state index contributed by atoms with van der Waals surface area (Å²) in [6, 6.07) is 9.17. The Morgan fingerprint density at radius 1 is 1.00 bits per heavy atom. The summed E-state index contributed by atoms with van der Waals surface area (Å²) in [5, 5.41) is 31.2. The molecule has 0 radical (unpaired) electrons. The van der Waals surface area contributed by atoms with Gasteiger partial charge in [0.15, 0.2) is 0 Å². The van der Waals surface area contributed by atoms with Crippen molar-refractivity contribution >= 4 is 5.97 Å². The van der Waals surface area contributed by atoms with E-state index in [2.05, 4.69) is 11.9 Å². The zero-order chi connectivity index (χ0) is 22.0.